The van der Waals surface area contributed by atoms with E-state index in [1.54, 1.807) is 18.2 Å². The van der Waals surface area contributed by atoms with Gasteiger partial charge in [-0.2, -0.15) is 0 Å². The Labute approximate surface area is 125 Å². The first-order valence-corrected chi connectivity index (χ1v) is 8.66. The minimum atomic E-state index is -3.70. The summed E-state index contributed by atoms with van der Waals surface area (Å²) in [5, 5.41) is 0.158. The van der Waals surface area contributed by atoms with Crippen molar-refractivity contribution in [1.82, 2.24) is 4.72 Å². The molecule has 4 nitrogen and oxygen atoms in total. The normalized spacial score (nSPS) is 22.6. The van der Waals surface area contributed by atoms with Crippen molar-refractivity contribution in [2.45, 2.75) is 50.5 Å². The number of hydrogen-bond acceptors (Lipinski definition) is 3. The third-order valence-corrected chi connectivity index (χ3v) is 6.09. The Morgan fingerprint density at radius 1 is 1.35 bits per heavy atom. The summed E-state index contributed by atoms with van der Waals surface area (Å²) in [6.07, 6.45) is 4.03. The maximum absolute atomic E-state index is 12.6. The molecular formula is C14H21ClN2O2S. The SMILES string of the molecule is CC1(C)CCCCC1NS(=O)(=O)c1c(N)cccc1Cl. The fraction of sp³-hybridized carbons (Fsp3) is 0.571. The Kier molecular flexibility index (Phi) is 4.33. The highest BCUT2D eigenvalue weighted by molar-refractivity contribution is 7.89. The van der Waals surface area contributed by atoms with Crippen LogP contribution < -0.4 is 10.5 Å². The molecule has 112 valence electrons. The summed E-state index contributed by atoms with van der Waals surface area (Å²) in [4.78, 5) is -0.0111. The van der Waals surface area contributed by atoms with Gasteiger partial charge in [-0.25, -0.2) is 13.1 Å². The lowest BCUT2D eigenvalue weighted by molar-refractivity contribution is 0.188. The molecule has 0 spiro atoms. The predicted molar refractivity (Wildman–Crippen MR) is 82.2 cm³/mol. The molecule has 1 unspecified atom stereocenters. The van der Waals surface area contributed by atoms with E-state index in [0.29, 0.717) is 0 Å². The summed E-state index contributed by atoms with van der Waals surface area (Å²) < 4.78 is 27.9. The highest BCUT2D eigenvalue weighted by atomic mass is 35.5. The first-order chi connectivity index (χ1) is 9.24. The van der Waals surface area contributed by atoms with Crippen LogP contribution >= 0.6 is 11.6 Å². The molecule has 0 aromatic heterocycles. The second-order valence-corrected chi connectivity index (χ2v) is 8.12. The van der Waals surface area contributed by atoms with Gasteiger partial charge in [0.1, 0.15) is 4.90 Å². The number of nitrogen functional groups attached to an aromatic ring is 1. The number of halogens is 1. The van der Waals surface area contributed by atoms with Gasteiger partial charge in [-0.15, -0.1) is 0 Å². The molecule has 1 aromatic carbocycles. The average molecular weight is 317 g/mol. The summed E-state index contributed by atoms with van der Waals surface area (Å²) in [5.74, 6) is 0. The van der Waals surface area contributed by atoms with Gasteiger partial charge in [0, 0.05) is 6.04 Å². The Hall–Kier alpha value is -0.780. The van der Waals surface area contributed by atoms with E-state index in [1.807, 2.05) is 0 Å². The summed E-state index contributed by atoms with van der Waals surface area (Å²) in [7, 11) is -3.70. The van der Waals surface area contributed by atoms with Crippen molar-refractivity contribution in [3.05, 3.63) is 23.2 Å². The first kappa shape index (κ1) is 15.6. The van der Waals surface area contributed by atoms with E-state index >= 15 is 0 Å². The van der Waals surface area contributed by atoms with E-state index in [0.717, 1.165) is 25.7 Å². The van der Waals surface area contributed by atoms with E-state index in [-0.39, 0.29) is 27.1 Å². The highest BCUT2D eigenvalue weighted by Gasteiger charge is 2.36. The van der Waals surface area contributed by atoms with Gasteiger partial charge < -0.3 is 5.73 Å². The molecule has 0 radical (unpaired) electrons. The van der Waals surface area contributed by atoms with E-state index < -0.39 is 10.0 Å². The van der Waals surface area contributed by atoms with E-state index in [4.69, 9.17) is 17.3 Å². The number of nitrogens with two attached hydrogens (primary N) is 1. The molecule has 6 heteroatoms. The fourth-order valence-electron chi connectivity index (χ4n) is 2.77. The van der Waals surface area contributed by atoms with Gasteiger partial charge in [0.05, 0.1) is 10.7 Å². The first-order valence-electron chi connectivity index (χ1n) is 6.80. The molecule has 0 saturated heterocycles. The number of anilines is 1. The van der Waals surface area contributed by atoms with Gasteiger partial charge in [-0.1, -0.05) is 44.4 Å². The minimum Gasteiger partial charge on any atom is -0.398 e. The van der Waals surface area contributed by atoms with Crippen LogP contribution in [0.4, 0.5) is 5.69 Å². The smallest absolute Gasteiger partial charge is 0.244 e. The molecule has 1 fully saturated rings. The number of benzene rings is 1. The quantitative estimate of drug-likeness (QED) is 0.841. The molecule has 2 rings (SSSR count). The van der Waals surface area contributed by atoms with E-state index in [9.17, 15) is 8.42 Å². The summed E-state index contributed by atoms with van der Waals surface area (Å²) in [6.45, 7) is 4.19. The molecule has 1 aromatic rings. The third kappa shape index (κ3) is 3.10. The molecular weight excluding hydrogens is 296 g/mol. The van der Waals surface area contributed by atoms with Crippen LogP contribution in [0.2, 0.25) is 5.02 Å². The summed E-state index contributed by atoms with van der Waals surface area (Å²) >= 11 is 6.00. The van der Waals surface area contributed by atoms with Crippen LogP contribution in [-0.4, -0.2) is 14.5 Å². The van der Waals surface area contributed by atoms with Gasteiger partial charge in [0.25, 0.3) is 0 Å². The van der Waals surface area contributed by atoms with Crippen molar-refractivity contribution in [3.63, 3.8) is 0 Å². The van der Waals surface area contributed by atoms with Crippen LogP contribution in [0, 0.1) is 5.41 Å². The second kappa shape index (κ2) is 5.54. The summed E-state index contributed by atoms with van der Waals surface area (Å²) in [6, 6.07) is 4.64. The van der Waals surface area contributed by atoms with Crippen LogP contribution in [0.1, 0.15) is 39.5 Å². The van der Waals surface area contributed by atoms with Crippen molar-refractivity contribution < 1.29 is 8.42 Å². The lowest BCUT2D eigenvalue weighted by Gasteiger charge is -2.38. The second-order valence-electron chi connectivity index (χ2n) is 6.07. The van der Waals surface area contributed by atoms with Gasteiger partial charge in [0.2, 0.25) is 10.0 Å². The molecule has 1 aliphatic carbocycles. The van der Waals surface area contributed by atoms with Crippen molar-refractivity contribution in [2.75, 3.05) is 5.73 Å². The number of sulfonamides is 1. The Morgan fingerprint density at radius 3 is 2.65 bits per heavy atom. The van der Waals surface area contributed by atoms with Gasteiger partial charge in [-0.3, -0.25) is 0 Å². The lowest BCUT2D eigenvalue weighted by Crippen LogP contribution is -2.46. The van der Waals surface area contributed by atoms with Gasteiger partial charge >= 0.3 is 0 Å². The summed E-state index contributed by atoms with van der Waals surface area (Å²) in [5.41, 5.74) is 5.90. The van der Waals surface area contributed by atoms with Crippen molar-refractivity contribution in [1.29, 1.82) is 0 Å². The van der Waals surface area contributed by atoms with Crippen LogP contribution in [-0.2, 0) is 10.0 Å². The van der Waals surface area contributed by atoms with Gasteiger partial charge in [-0.05, 0) is 30.4 Å². The predicted octanol–water partition coefficient (Wildman–Crippen LogP) is 3.17. The average Bonchev–Trinajstić information content (AvgIpc) is 2.31. The standard InChI is InChI=1S/C14H21ClN2O2S/c1-14(2)9-4-3-8-12(14)17-20(18,19)13-10(15)6-5-7-11(13)16/h5-7,12,17H,3-4,8-9,16H2,1-2H3. The van der Waals surface area contributed by atoms with Crippen LogP contribution in [0.15, 0.2) is 23.1 Å². The third-order valence-electron chi connectivity index (χ3n) is 4.07. The molecule has 0 heterocycles. The molecule has 20 heavy (non-hydrogen) atoms. The monoisotopic (exact) mass is 316 g/mol. The Balaban J connectivity index is 2.32. The fourth-order valence-corrected chi connectivity index (χ4v) is 4.89. The molecule has 0 amide bonds. The van der Waals surface area contributed by atoms with Crippen LogP contribution in [0.5, 0.6) is 0 Å². The molecule has 1 aliphatic rings. The lowest BCUT2D eigenvalue weighted by atomic mass is 9.74. The Morgan fingerprint density at radius 2 is 2.05 bits per heavy atom. The largest absolute Gasteiger partial charge is 0.398 e. The topological polar surface area (TPSA) is 72.2 Å². The number of nitrogens with one attached hydrogen (secondary N) is 1. The number of hydrogen-bond donors (Lipinski definition) is 2. The van der Waals surface area contributed by atoms with Crippen LogP contribution in [0.25, 0.3) is 0 Å². The maximum Gasteiger partial charge on any atom is 0.244 e. The van der Waals surface area contributed by atoms with Crippen molar-refractivity contribution in [2.24, 2.45) is 5.41 Å². The molecule has 3 N–H and O–H groups in total. The molecule has 1 saturated carbocycles. The zero-order valence-electron chi connectivity index (χ0n) is 11.8. The number of rotatable bonds is 3. The molecule has 0 bridgehead atoms. The minimum absolute atomic E-state index is 0.0111. The zero-order chi connectivity index (χ0) is 15.0. The maximum atomic E-state index is 12.6. The van der Waals surface area contributed by atoms with Crippen LogP contribution in [0.3, 0.4) is 0 Å². The molecule has 0 aliphatic heterocycles. The zero-order valence-corrected chi connectivity index (χ0v) is 13.4. The Bertz CT molecular complexity index is 579. The molecule has 1 atom stereocenters. The van der Waals surface area contributed by atoms with Gasteiger partial charge in [0.15, 0.2) is 0 Å². The van der Waals surface area contributed by atoms with Crippen molar-refractivity contribution >= 4 is 27.3 Å². The van der Waals surface area contributed by atoms with E-state index in [2.05, 4.69) is 18.6 Å². The van der Waals surface area contributed by atoms with E-state index in [1.165, 1.54) is 0 Å². The highest BCUT2D eigenvalue weighted by Crippen LogP contribution is 2.37. The van der Waals surface area contributed by atoms with Crippen molar-refractivity contribution in [3.8, 4) is 0 Å².